The second-order valence-electron chi connectivity index (χ2n) is 3.93. The zero-order valence-corrected chi connectivity index (χ0v) is 11.0. The van der Waals surface area contributed by atoms with Gasteiger partial charge in [0.05, 0.1) is 0 Å². The first-order chi connectivity index (χ1) is 9.06. The van der Waals surface area contributed by atoms with Gasteiger partial charge in [-0.05, 0) is 25.1 Å². The topological polar surface area (TPSA) is 83.0 Å². The lowest BCUT2D eigenvalue weighted by atomic mass is 10.1. The van der Waals surface area contributed by atoms with E-state index in [1.54, 1.807) is 12.1 Å². The fourth-order valence-corrected chi connectivity index (χ4v) is 2.32. The van der Waals surface area contributed by atoms with Crippen LogP contribution in [0.4, 0.5) is 0 Å². The molecule has 0 unspecified atom stereocenters. The number of rotatable bonds is 4. The van der Waals surface area contributed by atoms with E-state index in [0.717, 1.165) is 0 Å². The summed E-state index contributed by atoms with van der Waals surface area (Å²) in [5.74, 6) is 0.480. The highest BCUT2D eigenvalue weighted by Gasteiger charge is 2.07. The predicted octanol–water partition coefficient (Wildman–Crippen LogP) is 1.97. The first kappa shape index (κ1) is 13.4. The Balaban J connectivity index is 2.17. The summed E-state index contributed by atoms with van der Waals surface area (Å²) in [6.45, 7) is 1.47. The van der Waals surface area contributed by atoms with E-state index < -0.39 is 0 Å². The quantitative estimate of drug-likeness (QED) is 0.507. The molecule has 2 N–H and O–H groups in total. The number of carbonyl (C=O) groups is 1. The Kier molecular flexibility index (Phi) is 4.01. The summed E-state index contributed by atoms with van der Waals surface area (Å²) < 4.78 is 0. The molecule has 1 heterocycles. The van der Waals surface area contributed by atoms with Crippen LogP contribution in [0.1, 0.15) is 22.8 Å². The van der Waals surface area contributed by atoms with Crippen LogP contribution in [0.25, 0.3) is 0 Å². The highest BCUT2D eigenvalue weighted by atomic mass is 32.2. The Morgan fingerprint density at radius 1 is 1.42 bits per heavy atom. The molecule has 19 heavy (non-hydrogen) atoms. The molecule has 0 saturated heterocycles. The summed E-state index contributed by atoms with van der Waals surface area (Å²) in [6, 6.07) is 6.05. The van der Waals surface area contributed by atoms with Crippen LogP contribution in [0.15, 0.2) is 40.4 Å². The van der Waals surface area contributed by atoms with Gasteiger partial charge in [0, 0.05) is 29.1 Å². The molecule has 0 spiro atoms. The number of hydrogen-bond donors (Lipinski definition) is 2. The van der Waals surface area contributed by atoms with Crippen molar-refractivity contribution < 1.29 is 9.90 Å². The van der Waals surface area contributed by atoms with Crippen LogP contribution in [0.5, 0.6) is 5.75 Å². The molecule has 0 aliphatic carbocycles. The van der Waals surface area contributed by atoms with Crippen LogP contribution in [0.3, 0.4) is 0 Å². The van der Waals surface area contributed by atoms with Crippen LogP contribution in [-0.4, -0.2) is 20.9 Å². The molecule has 0 aliphatic heterocycles. The van der Waals surface area contributed by atoms with Crippen LogP contribution in [-0.2, 0) is 5.75 Å². The lowest BCUT2D eigenvalue weighted by molar-refractivity contribution is 0.101. The number of phenolic OH excluding ortho intramolecular Hbond substituents is 1. The minimum absolute atomic E-state index is 0.0579. The van der Waals surface area contributed by atoms with Crippen molar-refractivity contribution in [2.75, 3.05) is 0 Å². The van der Waals surface area contributed by atoms with Crippen LogP contribution < -0.4 is 5.56 Å². The Morgan fingerprint density at radius 2 is 2.21 bits per heavy atom. The Hall–Kier alpha value is -2.08. The Bertz CT molecular complexity index is 667. The van der Waals surface area contributed by atoms with Gasteiger partial charge in [0.15, 0.2) is 10.9 Å². The number of benzene rings is 1. The molecule has 1 aromatic heterocycles. The van der Waals surface area contributed by atoms with Gasteiger partial charge in [-0.1, -0.05) is 11.8 Å². The molecule has 0 aliphatic rings. The van der Waals surface area contributed by atoms with Gasteiger partial charge >= 0.3 is 0 Å². The Labute approximate surface area is 113 Å². The molecular formula is C13H12N2O3S. The molecule has 0 fully saturated rings. The molecule has 2 aromatic rings. The van der Waals surface area contributed by atoms with E-state index in [2.05, 4.69) is 9.97 Å². The number of nitrogens with zero attached hydrogens (tertiary/aromatic N) is 1. The van der Waals surface area contributed by atoms with Crippen molar-refractivity contribution in [1.82, 2.24) is 9.97 Å². The number of H-pyrrole nitrogens is 1. The van der Waals surface area contributed by atoms with E-state index in [1.165, 1.54) is 37.0 Å². The van der Waals surface area contributed by atoms with Crippen molar-refractivity contribution in [2.45, 2.75) is 17.8 Å². The number of thioether (sulfide) groups is 1. The second kappa shape index (κ2) is 5.71. The number of nitrogens with one attached hydrogen (secondary N) is 1. The number of aromatic amines is 1. The highest BCUT2D eigenvalue weighted by molar-refractivity contribution is 7.98. The maximum absolute atomic E-state index is 11.3. The van der Waals surface area contributed by atoms with E-state index in [-0.39, 0.29) is 17.1 Å². The average Bonchev–Trinajstić information content (AvgIpc) is 2.37. The van der Waals surface area contributed by atoms with Gasteiger partial charge in [-0.15, -0.1) is 0 Å². The third kappa shape index (κ3) is 3.45. The number of phenols is 1. The summed E-state index contributed by atoms with van der Waals surface area (Å²) in [5, 5.41) is 10.2. The summed E-state index contributed by atoms with van der Waals surface area (Å²) in [5.41, 5.74) is 0.950. The third-order valence-electron chi connectivity index (χ3n) is 2.50. The van der Waals surface area contributed by atoms with Gasteiger partial charge in [-0.25, -0.2) is 4.98 Å². The van der Waals surface area contributed by atoms with Gasteiger partial charge in [0.2, 0.25) is 0 Å². The van der Waals surface area contributed by atoms with Gasteiger partial charge in [-0.3, -0.25) is 9.59 Å². The van der Waals surface area contributed by atoms with Crippen LogP contribution in [0, 0.1) is 0 Å². The van der Waals surface area contributed by atoms with Crippen molar-refractivity contribution in [1.29, 1.82) is 0 Å². The maximum atomic E-state index is 11.3. The molecular weight excluding hydrogens is 264 g/mol. The van der Waals surface area contributed by atoms with Crippen molar-refractivity contribution in [3.8, 4) is 5.75 Å². The number of aromatic hydroxyl groups is 1. The lowest BCUT2D eigenvalue weighted by Crippen LogP contribution is -2.05. The first-order valence-corrected chi connectivity index (χ1v) is 6.56. The minimum atomic E-state index is -0.223. The molecule has 0 radical (unpaired) electrons. The third-order valence-corrected chi connectivity index (χ3v) is 3.43. The van der Waals surface area contributed by atoms with Crippen molar-refractivity contribution in [3.05, 3.63) is 51.9 Å². The number of hydrogen-bond acceptors (Lipinski definition) is 5. The predicted molar refractivity (Wildman–Crippen MR) is 72.5 cm³/mol. The minimum Gasteiger partial charge on any atom is -0.508 e. The van der Waals surface area contributed by atoms with E-state index in [4.69, 9.17) is 0 Å². The standard InChI is InChI=1S/C13H12N2O3S/c1-8(16)9-2-3-11(17)10(6-9)7-19-13-14-5-4-12(18)15-13/h2-6,17H,7H2,1H3,(H,14,15,18). The fourth-order valence-electron chi connectivity index (χ4n) is 1.49. The molecule has 98 valence electrons. The summed E-state index contributed by atoms with van der Waals surface area (Å²) >= 11 is 1.28. The zero-order valence-electron chi connectivity index (χ0n) is 10.2. The smallest absolute Gasteiger partial charge is 0.251 e. The fraction of sp³-hybridized carbons (Fsp3) is 0.154. The van der Waals surface area contributed by atoms with Crippen LogP contribution >= 0.6 is 11.8 Å². The van der Waals surface area contributed by atoms with Crippen LogP contribution in [0.2, 0.25) is 0 Å². The Morgan fingerprint density at radius 3 is 2.89 bits per heavy atom. The monoisotopic (exact) mass is 276 g/mol. The zero-order chi connectivity index (χ0) is 13.8. The molecule has 5 nitrogen and oxygen atoms in total. The summed E-state index contributed by atoms with van der Waals surface area (Å²) in [7, 11) is 0. The van der Waals surface area contributed by atoms with Crippen molar-refractivity contribution in [3.63, 3.8) is 0 Å². The molecule has 0 amide bonds. The number of aromatic nitrogens is 2. The maximum Gasteiger partial charge on any atom is 0.251 e. The molecule has 1 aromatic carbocycles. The van der Waals surface area contributed by atoms with Crippen molar-refractivity contribution in [2.24, 2.45) is 0 Å². The second-order valence-corrected chi connectivity index (χ2v) is 4.89. The largest absolute Gasteiger partial charge is 0.508 e. The summed E-state index contributed by atoms with van der Waals surface area (Å²) in [4.78, 5) is 29.0. The number of Topliss-reactive ketones (excluding diaryl/α,β-unsaturated/α-hetero) is 1. The molecule has 0 saturated carbocycles. The van der Waals surface area contributed by atoms with Gasteiger partial charge < -0.3 is 10.1 Å². The summed E-state index contributed by atoms with van der Waals surface area (Å²) in [6.07, 6.45) is 1.42. The number of carbonyl (C=O) groups excluding carboxylic acids is 1. The SMILES string of the molecule is CC(=O)c1ccc(O)c(CSc2nccc(=O)[nH]2)c1. The normalized spacial score (nSPS) is 10.4. The molecule has 2 rings (SSSR count). The van der Waals surface area contributed by atoms with E-state index in [9.17, 15) is 14.7 Å². The average molecular weight is 276 g/mol. The van der Waals surface area contributed by atoms with E-state index in [0.29, 0.717) is 22.0 Å². The van der Waals surface area contributed by atoms with E-state index in [1.807, 2.05) is 0 Å². The van der Waals surface area contributed by atoms with Crippen molar-refractivity contribution >= 4 is 17.5 Å². The molecule has 0 bridgehead atoms. The lowest BCUT2D eigenvalue weighted by Gasteiger charge is -2.05. The molecule has 6 heteroatoms. The highest BCUT2D eigenvalue weighted by Crippen LogP contribution is 2.26. The van der Waals surface area contributed by atoms with Gasteiger partial charge in [-0.2, -0.15) is 0 Å². The van der Waals surface area contributed by atoms with E-state index >= 15 is 0 Å². The van der Waals surface area contributed by atoms with Gasteiger partial charge in [0.25, 0.3) is 5.56 Å². The van der Waals surface area contributed by atoms with Gasteiger partial charge in [0.1, 0.15) is 5.75 Å². The molecule has 0 atom stereocenters. The first-order valence-electron chi connectivity index (χ1n) is 5.57. The number of ketones is 1.